The maximum Gasteiger partial charge on any atom is 0.142 e. The Morgan fingerprint density at radius 1 is 1.14 bits per heavy atom. The van der Waals surface area contributed by atoms with Crippen LogP contribution in [0.2, 0.25) is 10.0 Å². The zero-order valence-corrected chi connectivity index (χ0v) is 13.6. The summed E-state index contributed by atoms with van der Waals surface area (Å²) in [5.41, 5.74) is 3.21. The van der Waals surface area contributed by atoms with E-state index in [0.717, 1.165) is 17.7 Å². The number of benzene rings is 2. The lowest BCUT2D eigenvalue weighted by atomic mass is 9.95. The first kappa shape index (κ1) is 16.3. The van der Waals surface area contributed by atoms with Crippen LogP contribution in [0.15, 0.2) is 36.4 Å². The van der Waals surface area contributed by atoms with Gasteiger partial charge in [0, 0.05) is 11.1 Å². The summed E-state index contributed by atoms with van der Waals surface area (Å²) in [5.74, 6) is -0.382. The number of hydrogen-bond donors (Lipinski definition) is 1. The summed E-state index contributed by atoms with van der Waals surface area (Å²) >= 11 is 11.8. The van der Waals surface area contributed by atoms with Gasteiger partial charge in [0.25, 0.3) is 0 Å². The number of rotatable bonds is 5. The van der Waals surface area contributed by atoms with E-state index in [-0.39, 0.29) is 16.9 Å². The molecule has 1 nitrogen and oxygen atoms in total. The van der Waals surface area contributed by atoms with Crippen LogP contribution in [0.25, 0.3) is 0 Å². The standard InChI is InChI=1S/C17H18Cl2FN/c1-3-21-17(14-10-13(18)6-4-11(14)2)9-12-5-7-15(19)16(20)8-12/h4-8,10,17,21H,3,9H2,1-2H3. The molecule has 1 N–H and O–H groups in total. The third-order valence-electron chi connectivity index (χ3n) is 3.49. The van der Waals surface area contributed by atoms with Gasteiger partial charge in [0.2, 0.25) is 0 Å². The van der Waals surface area contributed by atoms with Gasteiger partial charge in [-0.05, 0) is 60.8 Å². The van der Waals surface area contributed by atoms with Gasteiger partial charge in [-0.3, -0.25) is 0 Å². The summed E-state index contributed by atoms with van der Waals surface area (Å²) in [7, 11) is 0. The summed E-state index contributed by atoms with van der Waals surface area (Å²) in [6, 6.07) is 10.9. The molecule has 0 radical (unpaired) electrons. The smallest absolute Gasteiger partial charge is 0.142 e. The Labute approximate surface area is 135 Å². The lowest BCUT2D eigenvalue weighted by Gasteiger charge is -2.21. The van der Waals surface area contributed by atoms with Crippen molar-refractivity contribution in [2.45, 2.75) is 26.3 Å². The highest BCUT2D eigenvalue weighted by Gasteiger charge is 2.15. The van der Waals surface area contributed by atoms with E-state index in [1.54, 1.807) is 6.07 Å². The van der Waals surface area contributed by atoms with Crippen LogP contribution in [0.3, 0.4) is 0 Å². The molecule has 0 fully saturated rings. The Morgan fingerprint density at radius 2 is 1.90 bits per heavy atom. The summed E-state index contributed by atoms with van der Waals surface area (Å²) in [6.07, 6.45) is 0.684. The monoisotopic (exact) mass is 325 g/mol. The van der Waals surface area contributed by atoms with Crippen LogP contribution in [0.1, 0.15) is 29.7 Å². The van der Waals surface area contributed by atoms with Crippen LogP contribution in [-0.2, 0) is 6.42 Å². The molecule has 0 amide bonds. The minimum absolute atomic E-state index is 0.0919. The number of aryl methyl sites for hydroxylation is 1. The van der Waals surface area contributed by atoms with Gasteiger partial charge in [-0.1, -0.05) is 42.3 Å². The normalized spacial score (nSPS) is 12.4. The van der Waals surface area contributed by atoms with Crippen molar-refractivity contribution in [2.75, 3.05) is 6.54 Å². The Kier molecular flexibility index (Phi) is 5.63. The van der Waals surface area contributed by atoms with Crippen molar-refractivity contribution in [2.24, 2.45) is 0 Å². The molecule has 4 heteroatoms. The van der Waals surface area contributed by atoms with Crippen molar-refractivity contribution in [3.8, 4) is 0 Å². The summed E-state index contributed by atoms with van der Waals surface area (Å²) < 4.78 is 13.6. The Morgan fingerprint density at radius 3 is 2.57 bits per heavy atom. The van der Waals surface area contributed by atoms with E-state index in [4.69, 9.17) is 23.2 Å². The van der Waals surface area contributed by atoms with Crippen molar-refractivity contribution < 1.29 is 4.39 Å². The topological polar surface area (TPSA) is 12.0 Å². The van der Waals surface area contributed by atoms with E-state index in [1.165, 1.54) is 11.6 Å². The minimum atomic E-state index is -0.382. The maximum absolute atomic E-state index is 13.6. The third-order valence-corrected chi connectivity index (χ3v) is 4.03. The van der Waals surface area contributed by atoms with E-state index < -0.39 is 0 Å². The highest BCUT2D eigenvalue weighted by Crippen LogP contribution is 2.26. The van der Waals surface area contributed by atoms with Crippen molar-refractivity contribution >= 4 is 23.2 Å². The number of halogens is 3. The quantitative estimate of drug-likeness (QED) is 0.782. The van der Waals surface area contributed by atoms with Gasteiger partial charge in [-0.15, -0.1) is 0 Å². The van der Waals surface area contributed by atoms with Gasteiger partial charge in [-0.2, -0.15) is 0 Å². The van der Waals surface area contributed by atoms with Crippen molar-refractivity contribution in [3.05, 3.63) is 69.0 Å². The number of likely N-dealkylation sites (N-methyl/N-ethyl adjacent to an activating group) is 1. The molecule has 0 aliphatic carbocycles. The fraction of sp³-hybridized carbons (Fsp3) is 0.294. The third kappa shape index (κ3) is 4.19. The van der Waals surface area contributed by atoms with E-state index in [1.807, 2.05) is 24.3 Å². The Balaban J connectivity index is 2.30. The second kappa shape index (κ2) is 7.26. The molecule has 0 aliphatic rings. The van der Waals surface area contributed by atoms with Gasteiger partial charge in [0.05, 0.1) is 5.02 Å². The summed E-state index contributed by atoms with van der Waals surface area (Å²) in [4.78, 5) is 0. The predicted molar refractivity (Wildman–Crippen MR) is 87.7 cm³/mol. The van der Waals surface area contributed by atoms with Crippen LogP contribution in [0, 0.1) is 12.7 Å². The zero-order chi connectivity index (χ0) is 15.4. The van der Waals surface area contributed by atoms with E-state index in [2.05, 4.69) is 19.2 Å². The molecule has 21 heavy (non-hydrogen) atoms. The van der Waals surface area contributed by atoms with Crippen LogP contribution in [0.5, 0.6) is 0 Å². The largest absolute Gasteiger partial charge is 0.310 e. The minimum Gasteiger partial charge on any atom is -0.310 e. The van der Waals surface area contributed by atoms with Crippen molar-refractivity contribution in [1.29, 1.82) is 0 Å². The highest BCUT2D eigenvalue weighted by molar-refractivity contribution is 6.31. The van der Waals surface area contributed by atoms with E-state index >= 15 is 0 Å². The van der Waals surface area contributed by atoms with Gasteiger partial charge in [0.1, 0.15) is 5.82 Å². The molecule has 1 unspecified atom stereocenters. The fourth-order valence-corrected chi connectivity index (χ4v) is 2.73. The molecule has 0 saturated heterocycles. The number of hydrogen-bond acceptors (Lipinski definition) is 1. The van der Waals surface area contributed by atoms with Gasteiger partial charge >= 0.3 is 0 Å². The summed E-state index contributed by atoms with van der Waals surface area (Å²) in [6.45, 7) is 4.93. The van der Waals surface area contributed by atoms with Crippen LogP contribution in [-0.4, -0.2) is 6.54 Å². The number of nitrogens with one attached hydrogen (secondary N) is 1. The molecule has 2 aromatic rings. The molecule has 2 rings (SSSR count). The van der Waals surface area contributed by atoms with E-state index in [9.17, 15) is 4.39 Å². The predicted octanol–water partition coefficient (Wildman–Crippen LogP) is 5.33. The van der Waals surface area contributed by atoms with Crippen LogP contribution in [0.4, 0.5) is 4.39 Å². The van der Waals surface area contributed by atoms with Gasteiger partial charge in [0.15, 0.2) is 0 Å². The molecule has 0 saturated carbocycles. The van der Waals surface area contributed by atoms with Gasteiger partial charge in [-0.25, -0.2) is 4.39 Å². The second-order valence-corrected chi connectivity index (χ2v) is 5.91. The summed E-state index contributed by atoms with van der Waals surface area (Å²) in [5, 5.41) is 4.30. The van der Waals surface area contributed by atoms with Crippen LogP contribution >= 0.6 is 23.2 Å². The Hall–Kier alpha value is -1.09. The molecule has 0 aromatic heterocycles. The first-order valence-electron chi connectivity index (χ1n) is 6.94. The lowest BCUT2D eigenvalue weighted by Crippen LogP contribution is -2.23. The molecule has 0 bridgehead atoms. The maximum atomic E-state index is 13.6. The van der Waals surface area contributed by atoms with Gasteiger partial charge < -0.3 is 5.32 Å². The zero-order valence-electron chi connectivity index (χ0n) is 12.1. The molecule has 0 spiro atoms. The first-order valence-corrected chi connectivity index (χ1v) is 7.70. The van der Waals surface area contributed by atoms with Crippen molar-refractivity contribution in [3.63, 3.8) is 0 Å². The van der Waals surface area contributed by atoms with Crippen molar-refractivity contribution in [1.82, 2.24) is 5.32 Å². The molecule has 0 aliphatic heterocycles. The fourth-order valence-electron chi connectivity index (χ4n) is 2.43. The average molecular weight is 326 g/mol. The molecule has 1 atom stereocenters. The first-order chi connectivity index (χ1) is 10.0. The molecule has 2 aromatic carbocycles. The average Bonchev–Trinajstić information content (AvgIpc) is 2.45. The highest BCUT2D eigenvalue weighted by atomic mass is 35.5. The van der Waals surface area contributed by atoms with Crippen LogP contribution < -0.4 is 5.32 Å². The molecular formula is C17H18Cl2FN. The lowest BCUT2D eigenvalue weighted by molar-refractivity contribution is 0.544. The molecule has 112 valence electrons. The molecular weight excluding hydrogens is 308 g/mol. The SMILES string of the molecule is CCNC(Cc1ccc(Cl)c(F)c1)c1cc(Cl)ccc1C. The Bertz CT molecular complexity index is 628. The van der Waals surface area contributed by atoms with E-state index in [0.29, 0.717) is 11.4 Å². The molecule has 0 heterocycles. The second-order valence-electron chi connectivity index (χ2n) is 5.06.